The fourth-order valence-electron chi connectivity index (χ4n) is 1.91. The lowest BCUT2D eigenvalue weighted by molar-refractivity contribution is 0.147. The molecule has 0 atom stereocenters. The maximum atomic E-state index is 5.39. The van der Waals surface area contributed by atoms with Gasteiger partial charge in [-0.3, -0.25) is 10.4 Å². The molecule has 1 fully saturated rings. The van der Waals surface area contributed by atoms with Crippen LogP contribution in [-0.2, 0) is 0 Å². The van der Waals surface area contributed by atoms with Gasteiger partial charge in [-0.1, -0.05) is 6.92 Å². The van der Waals surface area contributed by atoms with Crippen molar-refractivity contribution in [2.45, 2.75) is 26.7 Å². The predicted octanol–water partition coefficient (Wildman–Crippen LogP) is 0.147. The third kappa shape index (κ3) is 3.98. The summed E-state index contributed by atoms with van der Waals surface area (Å²) in [6, 6.07) is 0. The largest absolute Gasteiger partial charge is 0.356 e. The molecule has 1 aliphatic rings. The zero-order valence-electron chi connectivity index (χ0n) is 10.7. The van der Waals surface area contributed by atoms with Crippen molar-refractivity contribution < 1.29 is 0 Å². The van der Waals surface area contributed by atoms with E-state index in [1.165, 1.54) is 25.9 Å². The van der Waals surface area contributed by atoms with Gasteiger partial charge in [-0.25, -0.2) is 5.84 Å². The van der Waals surface area contributed by atoms with Crippen molar-refractivity contribution in [3.63, 3.8) is 0 Å². The van der Waals surface area contributed by atoms with Crippen LogP contribution in [-0.4, -0.2) is 44.1 Å². The SMILES string of the molecule is CCNC(=NCC1(C)CCN(C)CC1)NN. The lowest BCUT2D eigenvalue weighted by Crippen LogP contribution is -2.43. The van der Waals surface area contributed by atoms with Crippen molar-refractivity contribution in [1.29, 1.82) is 0 Å². The van der Waals surface area contributed by atoms with Gasteiger partial charge in [0.2, 0.25) is 5.96 Å². The minimum absolute atomic E-state index is 0.323. The van der Waals surface area contributed by atoms with E-state index in [2.05, 4.69) is 34.6 Å². The minimum atomic E-state index is 0.323. The quantitative estimate of drug-likeness (QED) is 0.278. The topological polar surface area (TPSA) is 65.7 Å². The number of aliphatic imine (C=N–C) groups is 1. The van der Waals surface area contributed by atoms with E-state index in [9.17, 15) is 0 Å². The van der Waals surface area contributed by atoms with E-state index in [-0.39, 0.29) is 0 Å². The van der Waals surface area contributed by atoms with Crippen LogP contribution in [0.1, 0.15) is 26.7 Å². The van der Waals surface area contributed by atoms with Crippen molar-refractivity contribution in [3.05, 3.63) is 0 Å². The maximum Gasteiger partial charge on any atom is 0.205 e. The predicted molar refractivity (Wildman–Crippen MR) is 68.1 cm³/mol. The molecular formula is C11H25N5. The van der Waals surface area contributed by atoms with Gasteiger partial charge in [0.1, 0.15) is 0 Å². The van der Waals surface area contributed by atoms with Crippen molar-refractivity contribution in [3.8, 4) is 0 Å². The fraction of sp³-hybridized carbons (Fsp3) is 0.909. The third-order valence-corrected chi connectivity index (χ3v) is 3.29. The molecule has 1 aliphatic heterocycles. The number of nitrogens with two attached hydrogens (primary N) is 1. The molecule has 16 heavy (non-hydrogen) atoms. The van der Waals surface area contributed by atoms with E-state index in [0.717, 1.165) is 13.1 Å². The summed E-state index contributed by atoms with van der Waals surface area (Å²) in [6.45, 7) is 8.35. The molecule has 0 aliphatic carbocycles. The molecule has 0 aromatic rings. The lowest BCUT2D eigenvalue weighted by atomic mass is 9.80. The van der Waals surface area contributed by atoms with Gasteiger partial charge >= 0.3 is 0 Å². The Hall–Kier alpha value is -0.810. The molecule has 0 bridgehead atoms. The summed E-state index contributed by atoms with van der Waals surface area (Å²) >= 11 is 0. The molecule has 0 aromatic heterocycles. The highest BCUT2D eigenvalue weighted by Crippen LogP contribution is 2.30. The molecule has 4 N–H and O–H groups in total. The van der Waals surface area contributed by atoms with Gasteiger partial charge in [0.15, 0.2) is 0 Å². The second kappa shape index (κ2) is 6.06. The number of hydrogen-bond donors (Lipinski definition) is 3. The van der Waals surface area contributed by atoms with Crippen LogP contribution in [0.25, 0.3) is 0 Å². The van der Waals surface area contributed by atoms with Crippen molar-refractivity contribution in [1.82, 2.24) is 15.6 Å². The maximum absolute atomic E-state index is 5.39. The average molecular weight is 227 g/mol. The van der Waals surface area contributed by atoms with E-state index >= 15 is 0 Å². The summed E-state index contributed by atoms with van der Waals surface area (Å²) in [6.07, 6.45) is 2.41. The molecule has 0 unspecified atom stereocenters. The number of likely N-dealkylation sites (tertiary alicyclic amines) is 1. The summed E-state index contributed by atoms with van der Waals surface area (Å²) in [4.78, 5) is 6.88. The summed E-state index contributed by atoms with van der Waals surface area (Å²) in [5.74, 6) is 6.09. The monoisotopic (exact) mass is 227 g/mol. The fourth-order valence-corrected chi connectivity index (χ4v) is 1.91. The van der Waals surface area contributed by atoms with Crippen LogP contribution in [0.5, 0.6) is 0 Å². The number of guanidine groups is 1. The van der Waals surface area contributed by atoms with Gasteiger partial charge in [-0.15, -0.1) is 0 Å². The first-order valence-corrected chi connectivity index (χ1v) is 6.03. The Kier molecular flexibility index (Phi) is 5.02. The Morgan fingerprint density at radius 3 is 2.56 bits per heavy atom. The zero-order valence-corrected chi connectivity index (χ0v) is 10.7. The van der Waals surface area contributed by atoms with Crippen LogP contribution in [0.4, 0.5) is 0 Å². The molecule has 1 heterocycles. The Morgan fingerprint density at radius 2 is 2.06 bits per heavy atom. The van der Waals surface area contributed by atoms with Crippen LogP contribution >= 0.6 is 0 Å². The number of hydrogen-bond acceptors (Lipinski definition) is 3. The highest BCUT2D eigenvalue weighted by Gasteiger charge is 2.28. The Balaban J connectivity index is 2.46. The van der Waals surface area contributed by atoms with Crippen molar-refractivity contribution >= 4 is 5.96 Å². The van der Waals surface area contributed by atoms with Gasteiger partial charge < -0.3 is 10.2 Å². The highest BCUT2D eigenvalue weighted by molar-refractivity contribution is 5.79. The number of hydrazine groups is 1. The normalized spacial score (nSPS) is 21.9. The first-order chi connectivity index (χ1) is 7.59. The molecule has 94 valence electrons. The van der Waals surface area contributed by atoms with E-state index in [1.807, 2.05) is 6.92 Å². The third-order valence-electron chi connectivity index (χ3n) is 3.29. The molecule has 0 aromatic carbocycles. The van der Waals surface area contributed by atoms with E-state index < -0.39 is 0 Å². The van der Waals surface area contributed by atoms with Gasteiger partial charge in [0.25, 0.3) is 0 Å². The van der Waals surface area contributed by atoms with Gasteiger partial charge in [-0.2, -0.15) is 0 Å². The van der Waals surface area contributed by atoms with Gasteiger partial charge in [0, 0.05) is 13.1 Å². The molecule has 1 rings (SSSR count). The Bertz CT molecular complexity index is 231. The molecule has 0 spiro atoms. The first-order valence-electron chi connectivity index (χ1n) is 6.03. The molecular weight excluding hydrogens is 202 g/mol. The molecule has 0 amide bonds. The van der Waals surface area contributed by atoms with Crippen molar-refractivity contribution in [2.24, 2.45) is 16.3 Å². The molecule has 1 saturated heterocycles. The second-order valence-electron chi connectivity index (χ2n) is 4.95. The van der Waals surface area contributed by atoms with Crippen LogP contribution < -0.4 is 16.6 Å². The molecule has 5 heteroatoms. The summed E-state index contributed by atoms with van der Waals surface area (Å²) < 4.78 is 0. The number of nitrogens with one attached hydrogen (secondary N) is 2. The van der Waals surface area contributed by atoms with Crippen LogP contribution in [0.15, 0.2) is 4.99 Å². The van der Waals surface area contributed by atoms with Crippen LogP contribution in [0.3, 0.4) is 0 Å². The molecule has 0 saturated carbocycles. The molecule has 0 radical (unpaired) electrons. The van der Waals surface area contributed by atoms with E-state index in [1.54, 1.807) is 0 Å². The smallest absolute Gasteiger partial charge is 0.205 e. The minimum Gasteiger partial charge on any atom is -0.356 e. The zero-order chi connectivity index (χ0) is 12.0. The van der Waals surface area contributed by atoms with E-state index in [0.29, 0.717) is 11.4 Å². The summed E-state index contributed by atoms with van der Waals surface area (Å²) in [5, 5.41) is 3.10. The van der Waals surface area contributed by atoms with E-state index in [4.69, 9.17) is 5.84 Å². The van der Waals surface area contributed by atoms with Crippen molar-refractivity contribution in [2.75, 3.05) is 33.2 Å². The Morgan fingerprint density at radius 1 is 1.44 bits per heavy atom. The highest BCUT2D eigenvalue weighted by atomic mass is 15.3. The van der Waals surface area contributed by atoms with Crippen LogP contribution in [0.2, 0.25) is 0 Å². The standard InChI is InChI=1S/C11H25N5/c1-4-13-10(15-12)14-9-11(2)5-7-16(3)8-6-11/h4-9,12H2,1-3H3,(H2,13,14,15). The first kappa shape index (κ1) is 13.3. The van der Waals surface area contributed by atoms with Gasteiger partial charge in [-0.05, 0) is 45.3 Å². The van der Waals surface area contributed by atoms with Gasteiger partial charge in [0.05, 0.1) is 0 Å². The second-order valence-corrected chi connectivity index (χ2v) is 4.95. The number of rotatable bonds is 3. The summed E-state index contributed by atoms with van der Waals surface area (Å²) in [7, 11) is 2.17. The number of nitrogens with zero attached hydrogens (tertiary/aromatic N) is 2. The molecule has 5 nitrogen and oxygen atoms in total. The number of piperidine rings is 1. The Labute approximate surface area is 98.4 Å². The average Bonchev–Trinajstić information content (AvgIpc) is 2.29. The summed E-state index contributed by atoms with van der Waals surface area (Å²) in [5.41, 5.74) is 2.92. The lowest BCUT2D eigenvalue weighted by Gasteiger charge is -2.36. The van der Waals surface area contributed by atoms with Crippen LogP contribution in [0, 0.1) is 5.41 Å².